The largest absolute Gasteiger partial charge is 0.495 e. The van der Waals surface area contributed by atoms with Gasteiger partial charge in [-0.25, -0.2) is 8.42 Å². The summed E-state index contributed by atoms with van der Waals surface area (Å²) in [7, 11) is -2.68. The van der Waals surface area contributed by atoms with Crippen LogP contribution in [0.5, 0.6) is 5.75 Å². The van der Waals surface area contributed by atoms with Gasteiger partial charge in [0.15, 0.2) is 0 Å². The van der Waals surface area contributed by atoms with Crippen LogP contribution in [0.3, 0.4) is 0 Å². The molecule has 0 saturated heterocycles. The summed E-state index contributed by atoms with van der Waals surface area (Å²) in [4.78, 5) is 11.4. The van der Waals surface area contributed by atoms with Crippen molar-refractivity contribution in [2.75, 3.05) is 7.11 Å². The summed E-state index contributed by atoms with van der Waals surface area (Å²) in [6.07, 6.45) is 0.0452. The van der Waals surface area contributed by atoms with Crippen LogP contribution in [0.4, 0.5) is 0 Å². The highest BCUT2D eigenvalue weighted by molar-refractivity contribution is 7.89. The summed E-state index contributed by atoms with van der Waals surface area (Å²) in [6, 6.07) is 12.3. The maximum Gasteiger partial charge on any atom is 0.322 e. The van der Waals surface area contributed by atoms with Crippen LogP contribution in [0, 0.1) is 6.92 Å². The fraction of sp³-hybridized carbons (Fsp3) is 0.235. The van der Waals surface area contributed by atoms with Crippen LogP contribution in [0.25, 0.3) is 0 Å². The number of sulfonamides is 1. The molecule has 1 atom stereocenters. The Morgan fingerprint density at radius 3 is 2.46 bits per heavy atom. The number of benzene rings is 2. The Bertz CT molecular complexity index is 818. The molecule has 0 aromatic heterocycles. The summed E-state index contributed by atoms with van der Waals surface area (Å²) in [5.74, 6) is -1.08. The number of hydrogen-bond acceptors (Lipinski definition) is 4. The number of hydrogen-bond donors (Lipinski definition) is 2. The van der Waals surface area contributed by atoms with Crippen molar-refractivity contribution < 1.29 is 23.1 Å². The molecular weight excluding hydrogens is 330 g/mol. The molecule has 7 heteroatoms. The molecule has 0 heterocycles. The first-order chi connectivity index (χ1) is 11.3. The molecule has 0 bridgehead atoms. The second-order valence-corrected chi connectivity index (χ2v) is 7.04. The van der Waals surface area contributed by atoms with Gasteiger partial charge in [0.2, 0.25) is 10.0 Å². The van der Waals surface area contributed by atoms with Crippen molar-refractivity contribution in [1.29, 1.82) is 0 Å². The SMILES string of the molecule is COc1ccc(C)cc1S(=O)(=O)NC(Cc1ccccc1)C(=O)O. The van der Waals surface area contributed by atoms with E-state index in [9.17, 15) is 18.3 Å². The van der Waals surface area contributed by atoms with E-state index in [-0.39, 0.29) is 17.1 Å². The Morgan fingerprint density at radius 1 is 1.21 bits per heavy atom. The Labute approximate surface area is 141 Å². The van der Waals surface area contributed by atoms with Gasteiger partial charge in [0, 0.05) is 0 Å². The molecule has 0 amide bonds. The van der Waals surface area contributed by atoms with Gasteiger partial charge < -0.3 is 9.84 Å². The molecule has 2 rings (SSSR count). The quantitative estimate of drug-likeness (QED) is 0.797. The number of carboxylic acid groups (broad SMARTS) is 1. The number of nitrogens with one attached hydrogen (secondary N) is 1. The van der Waals surface area contributed by atoms with Crippen molar-refractivity contribution >= 4 is 16.0 Å². The lowest BCUT2D eigenvalue weighted by Crippen LogP contribution is -2.42. The van der Waals surface area contributed by atoms with E-state index in [4.69, 9.17) is 4.74 Å². The van der Waals surface area contributed by atoms with E-state index >= 15 is 0 Å². The molecule has 128 valence electrons. The van der Waals surface area contributed by atoms with E-state index in [1.807, 2.05) is 0 Å². The van der Waals surface area contributed by atoms with Crippen molar-refractivity contribution in [1.82, 2.24) is 4.72 Å². The molecule has 0 fully saturated rings. The second kappa shape index (κ2) is 7.46. The molecular formula is C17H19NO5S. The smallest absolute Gasteiger partial charge is 0.322 e. The number of aliphatic carboxylic acids is 1. The van der Waals surface area contributed by atoms with Crippen LogP contribution >= 0.6 is 0 Å². The summed E-state index contributed by atoms with van der Waals surface area (Å²) >= 11 is 0. The molecule has 1 unspecified atom stereocenters. The molecule has 2 aromatic rings. The molecule has 0 aliphatic rings. The molecule has 0 radical (unpaired) electrons. The van der Waals surface area contributed by atoms with Crippen LogP contribution in [-0.4, -0.2) is 32.6 Å². The highest BCUT2D eigenvalue weighted by Crippen LogP contribution is 2.25. The first-order valence-corrected chi connectivity index (χ1v) is 8.75. The number of carbonyl (C=O) groups is 1. The summed E-state index contributed by atoms with van der Waals surface area (Å²) in [6.45, 7) is 1.75. The number of carboxylic acids is 1. The van der Waals surface area contributed by atoms with Crippen LogP contribution < -0.4 is 9.46 Å². The zero-order chi connectivity index (χ0) is 17.7. The van der Waals surface area contributed by atoms with E-state index < -0.39 is 22.0 Å². The summed E-state index contributed by atoms with van der Waals surface area (Å²) < 4.78 is 32.6. The lowest BCUT2D eigenvalue weighted by Gasteiger charge is -2.17. The number of aryl methyl sites for hydroxylation is 1. The van der Waals surface area contributed by atoms with Gasteiger partial charge in [-0.2, -0.15) is 4.72 Å². The minimum atomic E-state index is -4.05. The van der Waals surface area contributed by atoms with Crippen LogP contribution in [0.2, 0.25) is 0 Å². The summed E-state index contributed by atoms with van der Waals surface area (Å²) in [5.41, 5.74) is 1.45. The Balaban J connectivity index is 2.31. The van der Waals surface area contributed by atoms with Crippen molar-refractivity contribution in [2.45, 2.75) is 24.3 Å². The van der Waals surface area contributed by atoms with E-state index in [2.05, 4.69) is 4.72 Å². The normalized spacial score (nSPS) is 12.6. The van der Waals surface area contributed by atoms with Crippen molar-refractivity contribution in [3.05, 3.63) is 59.7 Å². The van der Waals surface area contributed by atoms with Crippen LogP contribution in [0.15, 0.2) is 53.4 Å². The first-order valence-electron chi connectivity index (χ1n) is 7.27. The Morgan fingerprint density at radius 2 is 1.88 bits per heavy atom. The predicted octanol–water partition coefficient (Wildman–Crippen LogP) is 1.98. The first kappa shape index (κ1) is 18.0. The molecule has 24 heavy (non-hydrogen) atoms. The minimum Gasteiger partial charge on any atom is -0.495 e. The summed E-state index contributed by atoms with van der Waals surface area (Å²) in [5, 5.41) is 9.37. The highest BCUT2D eigenvalue weighted by Gasteiger charge is 2.28. The molecule has 0 aliphatic carbocycles. The average molecular weight is 349 g/mol. The van der Waals surface area contributed by atoms with Crippen LogP contribution in [-0.2, 0) is 21.2 Å². The monoisotopic (exact) mass is 349 g/mol. The third-order valence-electron chi connectivity index (χ3n) is 3.49. The van der Waals surface area contributed by atoms with Gasteiger partial charge in [0.1, 0.15) is 16.7 Å². The van der Waals surface area contributed by atoms with Gasteiger partial charge in [-0.05, 0) is 36.6 Å². The standard InChI is InChI=1S/C17H19NO5S/c1-12-8-9-15(23-2)16(10-12)24(21,22)18-14(17(19)20)11-13-6-4-3-5-7-13/h3-10,14,18H,11H2,1-2H3,(H,19,20). The Kier molecular flexibility index (Phi) is 5.58. The lowest BCUT2D eigenvalue weighted by molar-refractivity contribution is -0.138. The lowest BCUT2D eigenvalue weighted by atomic mass is 10.1. The van der Waals surface area contributed by atoms with E-state index in [1.165, 1.54) is 19.2 Å². The van der Waals surface area contributed by atoms with E-state index in [0.717, 1.165) is 11.1 Å². The van der Waals surface area contributed by atoms with Gasteiger partial charge in [0.05, 0.1) is 7.11 Å². The molecule has 6 nitrogen and oxygen atoms in total. The van der Waals surface area contributed by atoms with Gasteiger partial charge in [0.25, 0.3) is 0 Å². The van der Waals surface area contributed by atoms with Crippen molar-refractivity contribution in [3.63, 3.8) is 0 Å². The topological polar surface area (TPSA) is 92.7 Å². The predicted molar refractivity (Wildman–Crippen MR) is 89.6 cm³/mol. The fourth-order valence-corrected chi connectivity index (χ4v) is 3.72. The van der Waals surface area contributed by atoms with Gasteiger partial charge in [-0.15, -0.1) is 0 Å². The van der Waals surface area contributed by atoms with Gasteiger partial charge >= 0.3 is 5.97 Å². The number of methoxy groups -OCH3 is 1. The van der Waals surface area contributed by atoms with Crippen molar-refractivity contribution in [3.8, 4) is 5.75 Å². The van der Waals surface area contributed by atoms with Gasteiger partial charge in [-0.3, -0.25) is 4.79 Å². The minimum absolute atomic E-state index is 0.0452. The van der Waals surface area contributed by atoms with Gasteiger partial charge in [-0.1, -0.05) is 36.4 Å². The molecule has 0 aliphatic heterocycles. The highest BCUT2D eigenvalue weighted by atomic mass is 32.2. The van der Waals surface area contributed by atoms with Crippen molar-refractivity contribution in [2.24, 2.45) is 0 Å². The van der Waals surface area contributed by atoms with E-state index in [1.54, 1.807) is 43.3 Å². The molecule has 0 saturated carbocycles. The molecule has 0 spiro atoms. The maximum absolute atomic E-state index is 12.6. The number of rotatable bonds is 7. The Hall–Kier alpha value is -2.38. The fourth-order valence-electron chi connectivity index (χ4n) is 2.27. The molecule has 2 N–H and O–H groups in total. The second-order valence-electron chi connectivity index (χ2n) is 5.36. The third-order valence-corrected chi connectivity index (χ3v) is 4.98. The van der Waals surface area contributed by atoms with Crippen LogP contribution in [0.1, 0.15) is 11.1 Å². The zero-order valence-electron chi connectivity index (χ0n) is 13.4. The maximum atomic E-state index is 12.6. The zero-order valence-corrected chi connectivity index (χ0v) is 14.2. The number of ether oxygens (including phenoxy) is 1. The average Bonchev–Trinajstić information content (AvgIpc) is 2.55. The third kappa shape index (κ3) is 4.33. The van der Waals surface area contributed by atoms with E-state index in [0.29, 0.717) is 0 Å². The molecule has 2 aromatic carbocycles.